The van der Waals surface area contributed by atoms with E-state index in [0.717, 1.165) is 6.07 Å². The lowest BCUT2D eigenvalue weighted by Crippen LogP contribution is -2.23. The molecule has 0 amide bonds. The number of hydrogen-bond acceptors (Lipinski definition) is 4. The van der Waals surface area contributed by atoms with Crippen molar-refractivity contribution in [1.29, 1.82) is 0 Å². The Balaban J connectivity index is 2.70. The van der Waals surface area contributed by atoms with Gasteiger partial charge < -0.3 is 14.1 Å². The summed E-state index contributed by atoms with van der Waals surface area (Å²) in [5.41, 5.74) is -0.594. The SMILES string of the molecule is Cn1c(=O)c2c(=O)cc(C(=O)O)oc2c2ccccc21. The van der Waals surface area contributed by atoms with Crippen molar-refractivity contribution >= 4 is 27.8 Å². The number of carbonyl (C=O) groups is 1. The Kier molecular flexibility index (Phi) is 2.47. The molecule has 20 heavy (non-hydrogen) atoms. The summed E-state index contributed by atoms with van der Waals surface area (Å²) >= 11 is 0. The van der Waals surface area contributed by atoms with Crippen molar-refractivity contribution in [3.05, 3.63) is 56.7 Å². The number of para-hydroxylation sites is 1. The van der Waals surface area contributed by atoms with Crippen molar-refractivity contribution in [2.45, 2.75) is 0 Å². The van der Waals surface area contributed by atoms with Crippen molar-refractivity contribution in [3.8, 4) is 0 Å². The zero-order valence-corrected chi connectivity index (χ0v) is 10.4. The van der Waals surface area contributed by atoms with Gasteiger partial charge >= 0.3 is 5.97 Å². The summed E-state index contributed by atoms with van der Waals surface area (Å²) < 4.78 is 6.58. The summed E-state index contributed by atoms with van der Waals surface area (Å²) in [7, 11) is 1.55. The highest BCUT2D eigenvalue weighted by atomic mass is 16.4. The Morgan fingerprint density at radius 3 is 2.65 bits per heavy atom. The van der Waals surface area contributed by atoms with Gasteiger partial charge in [-0.25, -0.2) is 4.79 Å². The fourth-order valence-electron chi connectivity index (χ4n) is 2.23. The Bertz CT molecular complexity index is 980. The molecule has 0 aliphatic rings. The van der Waals surface area contributed by atoms with E-state index in [2.05, 4.69) is 0 Å². The van der Waals surface area contributed by atoms with Gasteiger partial charge in [0.05, 0.1) is 5.52 Å². The van der Waals surface area contributed by atoms with Crippen LogP contribution in [-0.2, 0) is 7.05 Å². The highest BCUT2D eigenvalue weighted by molar-refractivity contribution is 6.02. The van der Waals surface area contributed by atoms with Gasteiger partial charge in [0.15, 0.2) is 11.0 Å². The van der Waals surface area contributed by atoms with Crippen molar-refractivity contribution in [2.75, 3.05) is 0 Å². The van der Waals surface area contributed by atoms with Gasteiger partial charge in [0.2, 0.25) is 5.76 Å². The molecule has 0 aliphatic heterocycles. The lowest BCUT2D eigenvalue weighted by Gasteiger charge is -2.07. The molecule has 100 valence electrons. The highest BCUT2D eigenvalue weighted by Gasteiger charge is 2.17. The number of nitrogens with zero attached hydrogens (tertiary/aromatic N) is 1. The summed E-state index contributed by atoms with van der Waals surface area (Å²) in [5.74, 6) is -1.84. The van der Waals surface area contributed by atoms with Crippen LogP contribution < -0.4 is 11.0 Å². The summed E-state index contributed by atoms with van der Waals surface area (Å²) in [5, 5.41) is 9.32. The number of aryl methyl sites for hydroxylation is 1. The smallest absolute Gasteiger partial charge is 0.371 e. The largest absolute Gasteiger partial charge is 0.475 e. The molecule has 1 N–H and O–H groups in total. The Labute approximate surface area is 111 Å². The van der Waals surface area contributed by atoms with Crippen LogP contribution >= 0.6 is 0 Å². The van der Waals surface area contributed by atoms with E-state index in [1.165, 1.54) is 4.57 Å². The second kappa shape index (κ2) is 4.06. The van der Waals surface area contributed by atoms with Gasteiger partial charge in [-0.3, -0.25) is 9.59 Å². The fraction of sp³-hybridized carbons (Fsp3) is 0.0714. The quantitative estimate of drug-likeness (QED) is 0.674. The zero-order chi connectivity index (χ0) is 14.4. The van der Waals surface area contributed by atoms with Gasteiger partial charge in [0.1, 0.15) is 5.39 Å². The Hall–Kier alpha value is -2.89. The third-order valence-corrected chi connectivity index (χ3v) is 3.19. The first-order valence-corrected chi connectivity index (χ1v) is 5.79. The predicted octanol–water partition coefficient (Wildman–Crippen LogP) is 1.34. The number of hydrogen-bond donors (Lipinski definition) is 1. The normalized spacial score (nSPS) is 11.1. The molecule has 0 saturated carbocycles. The van der Waals surface area contributed by atoms with Crippen molar-refractivity contribution in [2.24, 2.45) is 7.05 Å². The fourth-order valence-corrected chi connectivity index (χ4v) is 2.23. The van der Waals surface area contributed by atoms with Gasteiger partial charge in [-0.05, 0) is 12.1 Å². The molecule has 2 heterocycles. The molecule has 2 aromatic heterocycles. The highest BCUT2D eigenvalue weighted by Crippen LogP contribution is 2.21. The standard InChI is InChI=1S/C14H9NO5/c1-15-8-5-3-2-4-7(8)12-11(13(15)17)9(16)6-10(20-12)14(18)19/h2-6H,1H3,(H,18,19). The van der Waals surface area contributed by atoms with Crippen LogP contribution in [0.25, 0.3) is 21.9 Å². The van der Waals surface area contributed by atoms with E-state index < -0.39 is 22.7 Å². The molecular weight excluding hydrogens is 262 g/mol. The minimum Gasteiger partial charge on any atom is -0.475 e. The molecule has 0 atom stereocenters. The van der Waals surface area contributed by atoms with Gasteiger partial charge in [0.25, 0.3) is 5.56 Å². The van der Waals surface area contributed by atoms with Crippen molar-refractivity contribution in [3.63, 3.8) is 0 Å². The van der Waals surface area contributed by atoms with Crippen LogP contribution in [0.3, 0.4) is 0 Å². The Morgan fingerprint density at radius 1 is 1.25 bits per heavy atom. The third-order valence-electron chi connectivity index (χ3n) is 3.19. The topological polar surface area (TPSA) is 89.5 Å². The molecule has 6 heteroatoms. The van der Waals surface area contributed by atoms with E-state index in [4.69, 9.17) is 9.52 Å². The molecule has 0 fully saturated rings. The zero-order valence-electron chi connectivity index (χ0n) is 10.4. The molecule has 0 unspecified atom stereocenters. The third kappa shape index (κ3) is 1.55. The lowest BCUT2D eigenvalue weighted by molar-refractivity contribution is 0.0663. The van der Waals surface area contributed by atoms with Crippen LogP contribution in [0.5, 0.6) is 0 Å². The van der Waals surface area contributed by atoms with E-state index in [1.807, 2.05) is 0 Å². The molecular formula is C14H9NO5. The summed E-state index contributed by atoms with van der Waals surface area (Å²) in [6, 6.07) is 7.66. The molecule has 0 radical (unpaired) electrons. The minimum atomic E-state index is -1.35. The molecule has 3 rings (SSSR count). The maximum absolute atomic E-state index is 12.2. The predicted molar refractivity (Wildman–Crippen MR) is 72.2 cm³/mol. The molecule has 3 aromatic rings. The molecule has 0 saturated heterocycles. The van der Waals surface area contributed by atoms with Crippen LogP contribution in [0.4, 0.5) is 0 Å². The molecule has 0 spiro atoms. The number of pyridine rings is 1. The van der Waals surface area contributed by atoms with Crippen LogP contribution in [0, 0.1) is 0 Å². The Morgan fingerprint density at radius 2 is 1.95 bits per heavy atom. The monoisotopic (exact) mass is 271 g/mol. The molecule has 1 aromatic carbocycles. The van der Waals surface area contributed by atoms with Crippen LogP contribution in [0.2, 0.25) is 0 Å². The second-order valence-electron chi connectivity index (χ2n) is 4.37. The molecule has 0 bridgehead atoms. The van der Waals surface area contributed by atoms with Gasteiger partial charge in [-0.15, -0.1) is 0 Å². The van der Waals surface area contributed by atoms with Crippen LogP contribution in [-0.4, -0.2) is 15.6 Å². The number of benzene rings is 1. The van der Waals surface area contributed by atoms with E-state index in [-0.39, 0.29) is 11.0 Å². The maximum Gasteiger partial charge on any atom is 0.371 e. The van der Waals surface area contributed by atoms with Gasteiger partial charge in [0, 0.05) is 18.5 Å². The molecule has 6 nitrogen and oxygen atoms in total. The van der Waals surface area contributed by atoms with Gasteiger partial charge in [-0.1, -0.05) is 12.1 Å². The second-order valence-corrected chi connectivity index (χ2v) is 4.37. The number of rotatable bonds is 1. The summed E-state index contributed by atoms with van der Waals surface area (Å²) in [6.45, 7) is 0. The number of carboxylic acid groups (broad SMARTS) is 1. The van der Waals surface area contributed by atoms with Gasteiger partial charge in [-0.2, -0.15) is 0 Å². The van der Waals surface area contributed by atoms with E-state index in [0.29, 0.717) is 10.9 Å². The first-order chi connectivity index (χ1) is 9.50. The summed E-state index contributed by atoms with van der Waals surface area (Å²) in [6.07, 6.45) is 0. The maximum atomic E-state index is 12.2. The number of aromatic carboxylic acids is 1. The van der Waals surface area contributed by atoms with Crippen molar-refractivity contribution in [1.82, 2.24) is 4.57 Å². The first kappa shape index (κ1) is 12.2. The van der Waals surface area contributed by atoms with Crippen LogP contribution in [0.1, 0.15) is 10.6 Å². The van der Waals surface area contributed by atoms with Crippen molar-refractivity contribution < 1.29 is 14.3 Å². The first-order valence-electron chi connectivity index (χ1n) is 5.79. The van der Waals surface area contributed by atoms with E-state index in [1.54, 1.807) is 31.3 Å². The van der Waals surface area contributed by atoms with Crippen LogP contribution in [0.15, 0.2) is 44.3 Å². The van der Waals surface area contributed by atoms with E-state index >= 15 is 0 Å². The number of carboxylic acids is 1. The van der Waals surface area contributed by atoms with E-state index in [9.17, 15) is 14.4 Å². The number of aromatic nitrogens is 1. The number of fused-ring (bicyclic) bond motifs is 3. The minimum absolute atomic E-state index is 0.00796. The average Bonchev–Trinajstić information content (AvgIpc) is 2.44. The molecule has 0 aliphatic carbocycles. The summed E-state index contributed by atoms with van der Waals surface area (Å²) in [4.78, 5) is 35.2. The average molecular weight is 271 g/mol. The lowest BCUT2D eigenvalue weighted by atomic mass is 10.1.